The fraction of sp³-hybridized carbons (Fsp3) is 0.286. The fourth-order valence-electron chi connectivity index (χ4n) is 3.93. The van der Waals surface area contributed by atoms with Gasteiger partial charge in [-0.15, -0.1) is 0 Å². The van der Waals surface area contributed by atoms with Crippen molar-refractivity contribution in [2.24, 2.45) is 0 Å². The number of fused-ring (bicyclic) bond motifs is 1. The number of nitrogens with one attached hydrogen (secondary N) is 2. The van der Waals surface area contributed by atoms with Crippen LogP contribution in [0.1, 0.15) is 50.9 Å². The number of alkyl halides is 3. The zero-order valence-electron chi connectivity index (χ0n) is 17.4. The van der Waals surface area contributed by atoms with Crippen LogP contribution in [-0.2, 0) is 16.1 Å². The highest BCUT2D eigenvalue weighted by atomic mass is 35.5. The third-order valence-electron chi connectivity index (χ3n) is 5.61. The van der Waals surface area contributed by atoms with E-state index in [1.165, 1.54) is 0 Å². The predicted octanol–water partition coefficient (Wildman–Crippen LogP) is 2.81. The quantitative estimate of drug-likeness (QED) is 0.480. The molecule has 35 heavy (non-hydrogen) atoms. The van der Waals surface area contributed by atoms with Crippen molar-refractivity contribution in [3.63, 3.8) is 0 Å². The van der Waals surface area contributed by atoms with Crippen LogP contribution in [-0.4, -0.2) is 45.7 Å². The van der Waals surface area contributed by atoms with Crippen molar-refractivity contribution in [2.75, 3.05) is 0 Å². The molecule has 14 heteroatoms. The van der Waals surface area contributed by atoms with Gasteiger partial charge in [0.05, 0.1) is 29.0 Å². The molecule has 0 bridgehead atoms. The van der Waals surface area contributed by atoms with E-state index in [0.717, 1.165) is 17.0 Å². The van der Waals surface area contributed by atoms with Gasteiger partial charge in [-0.25, -0.2) is 8.78 Å². The Kier molecular flexibility index (Phi) is 6.21. The summed E-state index contributed by atoms with van der Waals surface area (Å²) in [6, 6.07) is -1.35. The van der Waals surface area contributed by atoms with Crippen molar-refractivity contribution in [3.05, 3.63) is 63.4 Å². The lowest BCUT2D eigenvalue weighted by atomic mass is 10.0. The number of carbonyl (C=O) groups is 4. The van der Waals surface area contributed by atoms with Crippen LogP contribution in [0.4, 0.5) is 22.0 Å². The largest absolute Gasteiger partial charge is 0.414 e. The third-order valence-corrected chi connectivity index (χ3v) is 5.91. The van der Waals surface area contributed by atoms with E-state index in [1.807, 2.05) is 0 Å². The summed E-state index contributed by atoms with van der Waals surface area (Å²) in [6.07, 6.45) is -4.66. The topological polar surface area (TPSA) is 108 Å². The molecule has 2 aliphatic rings. The number of piperidine rings is 1. The number of hydrogen-bond acceptors (Lipinski definition) is 5. The van der Waals surface area contributed by atoms with Crippen molar-refractivity contribution in [1.29, 1.82) is 0 Å². The summed E-state index contributed by atoms with van der Waals surface area (Å²) in [6.45, 7) is -0.429. The smallest absolute Gasteiger partial charge is 0.335 e. The Bertz CT molecular complexity index is 1270. The van der Waals surface area contributed by atoms with Gasteiger partial charge in [0.2, 0.25) is 11.8 Å². The van der Waals surface area contributed by atoms with E-state index < -0.39 is 76.3 Å². The minimum atomic E-state index is -5.12. The first-order valence-electron chi connectivity index (χ1n) is 10.0. The molecule has 1 saturated heterocycles. The fourth-order valence-corrected chi connectivity index (χ4v) is 4.19. The van der Waals surface area contributed by atoms with Gasteiger partial charge in [0, 0.05) is 17.5 Å². The molecular weight excluding hydrogens is 503 g/mol. The van der Waals surface area contributed by atoms with Crippen LogP contribution in [0.5, 0.6) is 0 Å². The zero-order valence-corrected chi connectivity index (χ0v) is 18.1. The second-order valence-corrected chi connectivity index (χ2v) is 8.23. The summed E-state index contributed by atoms with van der Waals surface area (Å²) >= 11 is 5.67. The average Bonchev–Trinajstić information content (AvgIpc) is 3.09. The minimum absolute atomic E-state index is 0.0120. The van der Waals surface area contributed by atoms with Crippen LogP contribution >= 0.6 is 11.6 Å². The van der Waals surface area contributed by atoms with E-state index in [0.29, 0.717) is 12.3 Å². The zero-order chi connectivity index (χ0) is 25.7. The molecule has 2 aliphatic heterocycles. The van der Waals surface area contributed by atoms with E-state index >= 15 is 4.39 Å². The summed E-state index contributed by atoms with van der Waals surface area (Å²) in [4.78, 5) is 53.1. The third kappa shape index (κ3) is 4.55. The normalized spacial score (nSPS) is 18.9. The molecule has 1 unspecified atom stereocenters. The highest BCUT2D eigenvalue weighted by Crippen LogP contribution is 2.36. The summed E-state index contributed by atoms with van der Waals surface area (Å²) in [5.74, 6) is -5.71. The van der Waals surface area contributed by atoms with Gasteiger partial charge in [-0.1, -0.05) is 11.6 Å². The van der Waals surface area contributed by atoms with Crippen molar-refractivity contribution in [3.8, 4) is 0 Å². The summed E-state index contributed by atoms with van der Waals surface area (Å²) in [5.41, 5.74) is -2.14. The molecule has 3 heterocycles. The van der Waals surface area contributed by atoms with Gasteiger partial charge >= 0.3 is 6.18 Å². The number of halogens is 6. The molecule has 184 valence electrons. The Balaban J connectivity index is 1.61. The van der Waals surface area contributed by atoms with Crippen LogP contribution < -0.4 is 10.6 Å². The molecular formula is C21H14ClF5N4O4. The number of rotatable bonds is 4. The monoisotopic (exact) mass is 516 g/mol. The molecule has 0 saturated carbocycles. The van der Waals surface area contributed by atoms with Gasteiger partial charge in [-0.3, -0.25) is 29.5 Å². The molecule has 1 aromatic carbocycles. The van der Waals surface area contributed by atoms with Crippen molar-refractivity contribution >= 4 is 35.2 Å². The van der Waals surface area contributed by atoms with Crippen molar-refractivity contribution in [1.82, 2.24) is 20.5 Å². The molecule has 8 nitrogen and oxygen atoms in total. The Hall–Kier alpha value is -3.61. The van der Waals surface area contributed by atoms with Crippen molar-refractivity contribution in [2.45, 2.75) is 37.6 Å². The van der Waals surface area contributed by atoms with Gasteiger partial charge in [0.25, 0.3) is 11.8 Å². The van der Waals surface area contributed by atoms with Crippen LogP contribution in [0.25, 0.3) is 0 Å². The number of pyridine rings is 1. The molecule has 1 aromatic heterocycles. The number of carbonyl (C=O) groups excluding carboxylic acids is 4. The van der Waals surface area contributed by atoms with Gasteiger partial charge in [0.1, 0.15) is 17.7 Å². The second-order valence-electron chi connectivity index (χ2n) is 7.82. The molecule has 0 spiro atoms. The van der Waals surface area contributed by atoms with Gasteiger partial charge in [-0.2, -0.15) is 13.2 Å². The molecule has 4 rings (SSSR count). The predicted molar refractivity (Wildman–Crippen MR) is 108 cm³/mol. The van der Waals surface area contributed by atoms with E-state index in [9.17, 15) is 36.7 Å². The molecule has 2 N–H and O–H groups in total. The summed E-state index contributed by atoms with van der Waals surface area (Å²) in [7, 11) is 0. The van der Waals surface area contributed by atoms with E-state index in [1.54, 1.807) is 5.32 Å². The van der Waals surface area contributed by atoms with Gasteiger partial charge < -0.3 is 10.2 Å². The Morgan fingerprint density at radius 3 is 2.57 bits per heavy atom. The second kappa shape index (κ2) is 8.87. The number of hydrogen-bond donors (Lipinski definition) is 2. The molecule has 0 aliphatic carbocycles. The van der Waals surface area contributed by atoms with Crippen LogP contribution in [0, 0.1) is 11.6 Å². The molecule has 2 atom stereocenters. The first-order valence-corrected chi connectivity index (χ1v) is 10.4. The number of amides is 4. The lowest BCUT2D eigenvalue weighted by Crippen LogP contribution is -2.52. The maximum Gasteiger partial charge on any atom is 0.414 e. The Morgan fingerprint density at radius 1 is 1.23 bits per heavy atom. The molecule has 1 fully saturated rings. The number of imide groups is 1. The maximum absolute atomic E-state index is 15.2. The van der Waals surface area contributed by atoms with Crippen LogP contribution in [0.3, 0.4) is 0 Å². The number of nitrogens with zero attached hydrogens (tertiary/aromatic N) is 2. The lowest BCUT2D eigenvalue weighted by Gasteiger charge is -2.29. The first-order chi connectivity index (χ1) is 16.4. The minimum Gasteiger partial charge on any atom is -0.335 e. The summed E-state index contributed by atoms with van der Waals surface area (Å²) < 4.78 is 69.4. The van der Waals surface area contributed by atoms with Gasteiger partial charge in [-0.05, 0) is 24.6 Å². The average molecular weight is 517 g/mol. The molecule has 2 aromatic rings. The highest BCUT2D eigenvalue weighted by molar-refractivity contribution is 6.31. The Labute approximate surface area is 198 Å². The standard InChI is InChI=1S/C21H14ClF5N4O4/c22-12-5-8(23)6-28-16(12)17(21(25,26)27)30-18(33)10-2-1-9-11(15(10)24)7-31(20(9)35)13-3-4-14(32)29-19(13)34/h1-2,5-6,13,17H,3-4,7H2,(H,30,33)(H,29,32,34)/t13?,17-/m1/s1. The van der Waals surface area contributed by atoms with E-state index in [2.05, 4.69) is 10.3 Å². The van der Waals surface area contributed by atoms with Crippen molar-refractivity contribution < 1.29 is 41.1 Å². The van der Waals surface area contributed by atoms with E-state index in [4.69, 9.17) is 11.6 Å². The van der Waals surface area contributed by atoms with Crippen LogP contribution in [0.15, 0.2) is 24.4 Å². The first kappa shape index (κ1) is 24.5. The molecule has 0 radical (unpaired) electrons. The van der Waals surface area contributed by atoms with Gasteiger partial charge in [0.15, 0.2) is 6.04 Å². The van der Waals surface area contributed by atoms with E-state index in [-0.39, 0.29) is 24.0 Å². The van der Waals surface area contributed by atoms with Crippen LogP contribution in [0.2, 0.25) is 5.02 Å². The SMILES string of the molecule is O=C1CCC(N2Cc3c(ccc(C(=O)N[C@H](c4ncc(F)cc4Cl)C(F)(F)F)c3F)C2=O)C(=O)N1. The number of benzene rings is 1. The summed E-state index contributed by atoms with van der Waals surface area (Å²) in [5, 5.41) is 2.99. The highest BCUT2D eigenvalue weighted by Gasteiger charge is 2.45. The molecule has 4 amide bonds. The maximum atomic E-state index is 15.2. The number of aromatic nitrogens is 1. The lowest BCUT2D eigenvalue weighted by molar-refractivity contribution is -0.156. The Morgan fingerprint density at radius 2 is 1.94 bits per heavy atom.